The lowest BCUT2D eigenvalue weighted by atomic mass is 10.1. The highest BCUT2D eigenvalue weighted by Gasteiger charge is 2.11. The summed E-state index contributed by atoms with van der Waals surface area (Å²) in [5.74, 6) is -0.230. The fourth-order valence-electron chi connectivity index (χ4n) is 2.26. The quantitative estimate of drug-likeness (QED) is 0.443. The molecule has 0 radical (unpaired) electrons. The van der Waals surface area contributed by atoms with Crippen LogP contribution in [0.25, 0.3) is 5.69 Å². The van der Waals surface area contributed by atoms with Gasteiger partial charge in [-0.1, -0.05) is 28.1 Å². The Balaban J connectivity index is 1.79. The van der Waals surface area contributed by atoms with E-state index in [-0.39, 0.29) is 11.7 Å². The molecular formula is C18H13Br2N3O2. The van der Waals surface area contributed by atoms with Gasteiger partial charge in [0, 0.05) is 22.4 Å². The van der Waals surface area contributed by atoms with Gasteiger partial charge in [-0.3, -0.25) is 4.79 Å². The van der Waals surface area contributed by atoms with E-state index in [4.69, 9.17) is 0 Å². The monoisotopic (exact) mass is 461 g/mol. The van der Waals surface area contributed by atoms with E-state index in [9.17, 15) is 9.90 Å². The zero-order chi connectivity index (χ0) is 17.8. The smallest absolute Gasteiger partial charge is 0.273 e. The average Bonchev–Trinajstić information content (AvgIpc) is 3.13. The molecule has 1 amide bonds. The van der Waals surface area contributed by atoms with Crippen LogP contribution in [0.15, 0.2) is 75.0 Å². The molecule has 1 aromatic heterocycles. The molecule has 2 N–H and O–H groups in total. The number of hydrogen-bond acceptors (Lipinski definition) is 3. The molecule has 3 rings (SSSR count). The predicted octanol–water partition coefficient (Wildman–Crippen LogP) is 4.47. The molecule has 0 aliphatic rings. The maximum absolute atomic E-state index is 12.5. The number of carbonyl (C=O) groups is 1. The first kappa shape index (κ1) is 17.4. The molecule has 5 nitrogen and oxygen atoms in total. The maximum atomic E-state index is 12.5. The van der Waals surface area contributed by atoms with Crippen LogP contribution in [0.5, 0.6) is 5.75 Å². The van der Waals surface area contributed by atoms with E-state index in [2.05, 4.69) is 42.4 Å². The zero-order valence-electron chi connectivity index (χ0n) is 12.9. The standard InChI is InChI=1S/C18H13Br2N3O2/c19-14-10-15(20)17(24)9-12(14)11-21-22-18(25)13-5-1-2-6-16(13)23-7-3-4-8-23/h1-11,24H,(H,22,25)/b21-11+. The van der Waals surface area contributed by atoms with Gasteiger partial charge in [-0.15, -0.1) is 0 Å². The van der Waals surface area contributed by atoms with E-state index < -0.39 is 0 Å². The second-order valence-corrected chi connectivity index (χ2v) is 6.84. The first-order chi connectivity index (χ1) is 12.1. The van der Waals surface area contributed by atoms with Crippen molar-refractivity contribution in [3.63, 3.8) is 0 Å². The van der Waals surface area contributed by atoms with Crippen LogP contribution < -0.4 is 5.43 Å². The predicted molar refractivity (Wildman–Crippen MR) is 104 cm³/mol. The SMILES string of the molecule is O=C(N/N=C/c1cc(O)c(Br)cc1Br)c1ccccc1-n1cccc1. The van der Waals surface area contributed by atoms with Gasteiger partial charge in [0.15, 0.2) is 0 Å². The van der Waals surface area contributed by atoms with Crippen molar-refractivity contribution in [2.45, 2.75) is 0 Å². The number of benzene rings is 2. The molecule has 0 aliphatic heterocycles. The number of amides is 1. The summed E-state index contributed by atoms with van der Waals surface area (Å²) < 4.78 is 3.17. The molecule has 0 saturated heterocycles. The lowest BCUT2D eigenvalue weighted by molar-refractivity contribution is 0.0955. The number of aromatic nitrogens is 1. The molecule has 0 unspecified atom stereocenters. The third kappa shape index (κ3) is 4.00. The van der Waals surface area contributed by atoms with Crippen molar-refractivity contribution in [2.75, 3.05) is 0 Å². The number of aromatic hydroxyl groups is 1. The number of hydrazone groups is 1. The lowest BCUT2D eigenvalue weighted by Crippen LogP contribution is -2.19. The number of phenols is 1. The third-order valence-electron chi connectivity index (χ3n) is 3.47. The van der Waals surface area contributed by atoms with E-state index in [0.717, 1.165) is 10.2 Å². The summed E-state index contributed by atoms with van der Waals surface area (Å²) in [6.45, 7) is 0. The Morgan fingerprint density at radius 2 is 1.80 bits per heavy atom. The highest BCUT2D eigenvalue weighted by Crippen LogP contribution is 2.29. The van der Waals surface area contributed by atoms with E-state index in [1.807, 2.05) is 41.2 Å². The zero-order valence-corrected chi connectivity index (χ0v) is 16.0. The summed E-state index contributed by atoms with van der Waals surface area (Å²) in [6, 6.07) is 14.3. The average molecular weight is 463 g/mol. The number of para-hydroxylation sites is 1. The highest BCUT2D eigenvalue weighted by atomic mass is 79.9. The minimum atomic E-state index is -0.321. The maximum Gasteiger partial charge on any atom is 0.273 e. The Morgan fingerprint density at radius 1 is 1.08 bits per heavy atom. The number of nitrogens with zero attached hydrogens (tertiary/aromatic N) is 2. The fourth-order valence-corrected chi connectivity index (χ4v) is 3.36. The molecule has 3 aromatic rings. The van der Waals surface area contributed by atoms with E-state index in [0.29, 0.717) is 15.6 Å². The molecule has 0 aliphatic carbocycles. The van der Waals surface area contributed by atoms with Crippen molar-refractivity contribution in [1.29, 1.82) is 0 Å². The molecule has 2 aromatic carbocycles. The lowest BCUT2D eigenvalue weighted by Gasteiger charge is -2.09. The molecule has 1 heterocycles. The molecule has 0 spiro atoms. The summed E-state index contributed by atoms with van der Waals surface area (Å²) in [7, 11) is 0. The number of halogens is 2. The van der Waals surface area contributed by atoms with Gasteiger partial charge in [0.1, 0.15) is 5.75 Å². The molecule has 25 heavy (non-hydrogen) atoms. The Labute approximate surface area is 161 Å². The fraction of sp³-hybridized carbons (Fsp3) is 0. The molecule has 126 valence electrons. The van der Waals surface area contributed by atoms with Crippen molar-refractivity contribution in [1.82, 2.24) is 9.99 Å². The van der Waals surface area contributed by atoms with Gasteiger partial charge in [0.25, 0.3) is 5.91 Å². The number of carbonyl (C=O) groups excluding carboxylic acids is 1. The summed E-state index contributed by atoms with van der Waals surface area (Å²) in [5, 5.41) is 13.7. The summed E-state index contributed by atoms with van der Waals surface area (Å²) >= 11 is 6.62. The van der Waals surface area contributed by atoms with E-state index >= 15 is 0 Å². The second kappa shape index (κ2) is 7.67. The Kier molecular flexibility index (Phi) is 5.35. The summed E-state index contributed by atoms with van der Waals surface area (Å²) in [5.41, 5.74) is 4.43. The van der Waals surface area contributed by atoms with Crippen molar-refractivity contribution in [3.05, 3.63) is 81.0 Å². The van der Waals surface area contributed by atoms with E-state index in [1.54, 1.807) is 18.2 Å². The Morgan fingerprint density at radius 3 is 2.56 bits per heavy atom. The molecule has 0 atom stereocenters. The number of nitrogens with one attached hydrogen (secondary N) is 1. The van der Waals surface area contributed by atoms with Crippen LogP contribution >= 0.6 is 31.9 Å². The Bertz CT molecular complexity index is 937. The molecule has 7 heteroatoms. The summed E-state index contributed by atoms with van der Waals surface area (Å²) in [4.78, 5) is 12.5. The first-order valence-corrected chi connectivity index (χ1v) is 8.88. The Hall–Kier alpha value is -2.38. The molecule has 0 fully saturated rings. The first-order valence-electron chi connectivity index (χ1n) is 7.30. The van der Waals surface area contributed by atoms with Crippen molar-refractivity contribution >= 4 is 44.0 Å². The molecule has 0 bridgehead atoms. The number of hydrogen-bond donors (Lipinski definition) is 2. The van der Waals surface area contributed by atoms with Crippen LogP contribution in [-0.2, 0) is 0 Å². The largest absolute Gasteiger partial charge is 0.507 e. The van der Waals surface area contributed by atoms with Gasteiger partial charge in [-0.25, -0.2) is 5.43 Å². The van der Waals surface area contributed by atoms with Crippen LogP contribution in [0.1, 0.15) is 15.9 Å². The van der Waals surface area contributed by atoms with Crippen LogP contribution in [-0.4, -0.2) is 21.8 Å². The topological polar surface area (TPSA) is 66.6 Å². The van der Waals surface area contributed by atoms with Gasteiger partial charge in [0.05, 0.1) is 21.9 Å². The second-order valence-electron chi connectivity index (χ2n) is 5.13. The van der Waals surface area contributed by atoms with Crippen LogP contribution in [0.2, 0.25) is 0 Å². The van der Waals surface area contributed by atoms with Gasteiger partial charge < -0.3 is 9.67 Å². The van der Waals surface area contributed by atoms with Gasteiger partial charge >= 0.3 is 0 Å². The van der Waals surface area contributed by atoms with Gasteiger partial charge in [0.2, 0.25) is 0 Å². The van der Waals surface area contributed by atoms with Crippen molar-refractivity contribution < 1.29 is 9.90 Å². The minimum absolute atomic E-state index is 0.0916. The van der Waals surface area contributed by atoms with Crippen molar-refractivity contribution in [2.24, 2.45) is 5.10 Å². The number of phenolic OH excluding ortho intramolecular Hbond substituents is 1. The summed E-state index contributed by atoms with van der Waals surface area (Å²) in [6.07, 6.45) is 5.21. The molecule has 0 saturated carbocycles. The third-order valence-corrected chi connectivity index (χ3v) is 4.79. The van der Waals surface area contributed by atoms with Crippen LogP contribution in [0.3, 0.4) is 0 Å². The minimum Gasteiger partial charge on any atom is -0.507 e. The normalized spacial score (nSPS) is 11.0. The molecular weight excluding hydrogens is 450 g/mol. The highest BCUT2D eigenvalue weighted by molar-refractivity contribution is 9.11. The van der Waals surface area contributed by atoms with Crippen LogP contribution in [0, 0.1) is 0 Å². The van der Waals surface area contributed by atoms with Gasteiger partial charge in [-0.2, -0.15) is 5.10 Å². The van der Waals surface area contributed by atoms with Crippen LogP contribution in [0.4, 0.5) is 0 Å². The van der Waals surface area contributed by atoms with Crippen molar-refractivity contribution in [3.8, 4) is 11.4 Å². The van der Waals surface area contributed by atoms with Gasteiger partial charge in [-0.05, 0) is 52.3 Å². The van der Waals surface area contributed by atoms with E-state index in [1.165, 1.54) is 12.3 Å². The number of rotatable bonds is 4.